The van der Waals surface area contributed by atoms with Crippen LogP contribution >= 0.6 is 12.4 Å². The molecule has 0 amide bonds. The maximum atomic E-state index is 6.37. The van der Waals surface area contributed by atoms with Gasteiger partial charge in [-0.05, 0) is 25.8 Å². The maximum absolute atomic E-state index is 6.37. The molecule has 0 radical (unpaired) electrons. The summed E-state index contributed by atoms with van der Waals surface area (Å²) in [4.78, 5) is 0. The first kappa shape index (κ1) is 19.5. The van der Waals surface area contributed by atoms with Crippen LogP contribution in [-0.2, 0) is 0 Å². The number of rotatable bonds is 9. The van der Waals surface area contributed by atoms with Crippen molar-refractivity contribution < 1.29 is 0 Å². The van der Waals surface area contributed by atoms with E-state index in [9.17, 15) is 0 Å². The van der Waals surface area contributed by atoms with Gasteiger partial charge in [0.15, 0.2) is 0 Å². The molecule has 116 valence electrons. The van der Waals surface area contributed by atoms with Gasteiger partial charge in [0, 0.05) is 11.5 Å². The third-order valence-electron chi connectivity index (χ3n) is 3.95. The molecule has 0 saturated carbocycles. The van der Waals surface area contributed by atoms with Crippen LogP contribution in [0.2, 0.25) is 0 Å². The Labute approximate surface area is 131 Å². The summed E-state index contributed by atoms with van der Waals surface area (Å²) >= 11 is 0. The molecule has 1 nitrogen and oxygen atoms in total. The van der Waals surface area contributed by atoms with Crippen molar-refractivity contribution in [3.05, 3.63) is 35.9 Å². The van der Waals surface area contributed by atoms with Crippen molar-refractivity contribution in [1.82, 2.24) is 0 Å². The summed E-state index contributed by atoms with van der Waals surface area (Å²) in [6.45, 7) is 6.58. The van der Waals surface area contributed by atoms with Gasteiger partial charge in [0.05, 0.1) is 0 Å². The molecular formula is C18H32ClN. The molecule has 2 N–H and O–H groups in total. The van der Waals surface area contributed by atoms with E-state index in [1.807, 2.05) is 0 Å². The number of nitrogens with two attached hydrogens (primary N) is 1. The zero-order valence-electron chi connectivity index (χ0n) is 13.4. The van der Waals surface area contributed by atoms with Gasteiger partial charge in [-0.3, -0.25) is 0 Å². The molecule has 0 bridgehead atoms. The summed E-state index contributed by atoms with van der Waals surface area (Å²) in [7, 11) is 0. The Kier molecular flexibility index (Phi) is 9.96. The van der Waals surface area contributed by atoms with Crippen LogP contribution in [0, 0.1) is 0 Å². The van der Waals surface area contributed by atoms with Crippen molar-refractivity contribution in [2.75, 3.05) is 0 Å². The average molecular weight is 298 g/mol. The minimum Gasteiger partial charge on any atom is -0.325 e. The van der Waals surface area contributed by atoms with Crippen LogP contribution < -0.4 is 5.73 Å². The van der Waals surface area contributed by atoms with E-state index in [-0.39, 0.29) is 17.9 Å². The van der Waals surface area contributed by atoms with Gasteiger partial charge in [-0.1, -0.05) is 75.8 Å². The highest BCUT2D eigenvalue weighted by molar-refractivity contribution is 5.85. The summed E-state index contributed by atoms with van der Waals surface area (Å²) in [6.07, 6.45) is 9.31. The average Bonchev–Trinajstić information content (AvgIpc) is 2.37. The van der Waals surface area contributed by atoms with Gasteiger partial charge in [0.2, 0.25) is 0 Å². The van der Waals surface area contributed by atoms with Crippen molar-refractivity contribution in [3.63, 3.8) is 0 Å². The largest absolute Gasteiger partial charge is 0.325 e. The summed E-state index contributed by atoms with van der Waals surface area (Å²) in [6, 6.07) is 10.8. The molecule has 0 aliphatic rings. The molecule has 0 aliphatic carbocycles. The molecule has 1 aromatic rings. The first-order chi connectivity index (χ1) is 9.05. The van der Waals surface area contributed by atoms with Crippen molar-refractivity contribution in [1.29, 1.82) is 0 Å². The van der Waals surface area contributed by atoms with Crippen LogP contribution in [0.15, 0.2) is 30.3 Å². The predicted octanol–water partition coefficient (Wildman–Crippen LogP) is 5.68. The van der Waals surface area contributed by atoms with Crippen LogP contribution in [-0.4, -0.2) is 5.54 Å². The lowest BCUT2D eigenvalue weighted by Crippen LogP contribution is -2.39. The molecule has 1 atom stereocenters. The molecule has 1 unspecified atom stereocenters. The normalized spacial score (nSPS) is 12.8. The highest BCUT2D eigenvalue weighted by atomic mass is 35.5. The molecule has 0 aliphatic heterocycles. The van der Waals surface area contributed by atoms with Gasteiger partial charge in [-0.15, -0.1) is 12.4 Å². The maximum Gasteiger partial charge on any atom is 0.0166 e. The minimum absolute atomic E-state index is 0. The smallest absolute Gasteiger partial charge is 0.0166 e. The number of hydrogen-bond acceptors (Lipinski definition) is 1. The van der Waals surface area contributed by atoms with Crippen LogP contribution in [0.5, 0.6) is 0 Å². The van der Waals surface area contributed by atoms with E-state index in [0.29, 0.717) is 5.92 Å². The van der Waals surface area contributed by atoms with Gasteiger partial charge in [-0.2, -0.15) is 0 Å². The Morgan fingerprint density at radius 2 is 1.50 bits per heavy atom. The quantitative estimate of drug-likeness (QED) is 0.583. The standard InChI is InChI=1S/C18H31N.ClH/c1-4-5-6-7-8-12-15-17(18(2,3)19)16-13-10-9-11-14-16;/h9-11,13-14,17H,4-8,12,15,19H2,1-3H3;1H. The first-order valence-electron chi connectivity index (χ1n) is 7.89. The van der Waals surface area contributed by atoms with Crippen molar-refractivity contribution in [2.45, 2.75) is 77.2 Å². The van der Waals surface area contributed by atoms with Crippen LogP contribution in [0.3, 0.4) is 0 Å². The fourth-order valence-electron chi connectivity index (χ4n) is 2.78. The second-order valence-corrected chi connectivity index (χ2v) is 6.34. The Hall–Kier alpha value is -0.530. The molecule has 0 saturated heterocycles. The SMILES string of the molecule is CCCCCCCCC(c1ccccc1)C(C)(C)N.Cl. The second-order valence-electron chi connectivity index (χ2n) is 6.34. The predicted molar refractivity (Wildman–Crippen MR) is 92.7 cm³/mol. The topological polar surface area (TPSA) is 26.0 Å². The fourth-order valence-corrected chi connectivity index (χ4v) is 2.78. The summed E-state index contributed by atoms with van der Waals surface area (Å²) in [5.41, 5.74) is 7.63. The monoisotopic (exact) mass is 297 g/mol. The number of halogens is 1. The highest BCUT2D eigenvalue weighted by Gasteiger charge is 2.25. The number of benzene rings is 1. The third kappa shape index (κ3) is 7.31. The zero-order valence-corrected chi connectivity index (χ0v) is 14.2. The third-order valence-corrected chi connectivity index (χ3v) is 3.95. The Morgan fingerprint density at radius 3 is 2.05 bits per heavy atom. The van der Waals surface area contributed by atoms with E-state index in [1.54, 1.807) is 0 Å². The lowest BCUT2D eigenvalue weighted by Gasteiger charge is -2.31. The van der Waals surface area contributed by atoms with E-state index in [1.165, 1.54) is 50.5 Å². The lowest BCUT2D eigenvalue weighted by atomic mass is 9.79. The van der Waals surface area contributed by atoms with Crippen molar-refractivity contribution in [2.24, 2.45) is 5.73 Å². The van der Waals surface area contributed by atoms with E-state index < -0.39 is 0 Å². The molecule has 20 heavy (non-hydrogen) atoms. The van der Waals surface area contributed by atoms with E-state index in [2.05, 4.69) is 51.1 Å². The minimum atomic E-state index is -0.134. The van der Waals surface area contributed by atoms with E-state index in [0.717, 1.165) is 0 Å². The number of unbranched alkanes of at least 4 members (excludes halogenated alkanes) is 5. The Bertz CT molecular complexity index is 329. The van der Waals surface area contributed by atoms with E-state index >= 15 is 0 Å². The zero-order chi connectivity index (χ0) is 14.1. The molecule has 1 rings (SSSR count). The molecule has 1 aromatic carbocycles. The summed E-state index contributed by atoms with van der Waals surface area (Å²) in [5, 5.41) is 0. The van der Waals surface area contributed by atoms with Gasteiger partial charge >= 0.3 is 0 Å². The molecule has 2 heteroatoms. The van der Waals surface area contributed by atoms with Crippen LogP contribution in [0.1, 0.15) is 77.2 Å². The molecule has 0 heterocycles. The Balaban J connectivity index is 0.00000361. The molecule has 0 spiro atoms. The van der Waals surface area contributed by atoms with Gasteiger partial charge in [-0.25, -0.2) is 0 Å². The van der Waals surface area contributed by atoms with Crippen molar-refractivity contribution in [3.8, 4) is 0 Å². The van der Waals surface area contributed by atoms with Gasteiger partial charge in [0.1, 0.15) is 0 Å². The molecule has 0 aromatic heterocycles. The van der Waals surface area contributed by atoms with E-state index in [4.69, 9.17) is 5.73 Å². The molecule has 0 fully saturated rings. The van der Waals surface area contributed by atoms with Gasteiger partial charge < -0.3 is 5.73 Å². The second kappa shape index (κ2) is 10.2. The van der Waals surface area contributed by atoms with Crippen LogP contribution in [0.25, 0.3) is 0 Å². The summed E-state index contributed by atoms with van der Waals surface area (Å²) < 4.78 is 0. The summed E-state index contributed by atoms with van der Waals surface area (Å²) in [5.74, 6) is 0.472. The van der Waals surface area contributed by atoms with Crippen molar-refractivity contribution >= 4 is 12.4 Å². The molecular weight excluding hydrogens is 266 g/mol. The Morgan fingerprint density at radius 1 is 0.950 bits per heavy atom. The highest BCUT2D eigenvalue weighted by Crippen LogP contribution is 2.31. The fraction of sp³-hybridized carbons (Fsp3) is 0.667. The first-order valence-corrected chi connectivity index (χ1v) is 7.89. The van der Waals surface area contributed by atoms with Gasteiger partial charge in [0.25, 0.3) is 0 Å². The van der Waals surface area contributed by atoms with Crippen LogP contribution in [0.4, 0.5) is 0 Å². The number of hydrogen-bond donors (Lipinski definition) is 1. The lowest BCUT2D eigenvalue weighted by molar-refractivity contribution is 0.377.